The molecule has 0 unspecified atom stereocenters. The number of benzene rings is 1. The molecule has 2 aromatic heterocycles. The van der Waals surface area contributed by atoms with Gasteiger partial charge in [-0.05, 0) is 36.8 Å². The van der Waals surface area contributed by atoms with Crippen LogP contribution in [-0.4, -0.2) is 20.6 Å². The standard InChI is InChI=1S/C16H12ClFN2O2/c1-2-20-8-11(9-3-5-12(17)13(18)7-9)10-4-6-14(16(21)22)19-15(10)20/h3-8H,2H2,1H3,(H,21,22). The average Bonchev–Trinajstić information content (AvgIpc) is 2.88. The molecule has 3 aromatic rings. The van der Waals surface area contributed by atoms with Crippen LogP contribution in [0.5, 0.6) is 0 Å². The van der Waals surface area contributed by atoms with Gasteiger partial charge in [-0.1, -0.05) is 17.7 Å². The third-order valence-corrected chi connectivity index (χ3v) is 3.82. The summed E-state index contributed by atoms with van der Waals surface area (Å²) in [7, 11) is 0. The lowest BCUT2D eigenvalue weighted by Crippen LogP contribution is -2.02. The van der Waals surface area contributed by atoms with Gasteiger partial charge < -0.3 is 9.67 Å². The topological polar surface area (TPSA) is 55.1 Å². The molecule has 0 atom stereocenters. The number of aromatic carboxylic acids is 1. The number of carboxylic acid groups (broad SMARTS) is 1. The Bertz CT molecular complexity index is 889. The fourth-order valence-electron chi connectivity index (χ4n) is 2.42. The minimum Gasteiger partial charge on any atom is -0.477 e. The van der Waals surface area contributed by atoms with E-state index in [4.69, 9.17) is 16.7 Å². The molecule has 0 spiro atoms. The molecular formula is C16H12ClFN2O2. The second-order valence-corrected chi connectivity index (χ2v) is 5.24. The first-order valence-electron chi connectivity index (χ1n) is 6.70. The van der Waals surface area contributed by atoms with Crippen LogP contribution >= 0.6 is 11.6 Å². The maximum Gasteiger partial charge on any atom is 0.354 e. The second kappa shape index (κ2) is 5.42. The summed E-state index contributed by atoms with van der Waals surface area (Å²) in [6, 6.07) is 7.73. The summed E-state index contributed by atoms with van der Waals surface area (Å²) in [6.45, 7) is 2.56. The van der Waals surface area contributed by atoms with Crippen LogP contribution in [0.3, 0.4) is 0 Å². The molecule has 0 radical (unpaired) electrons. The number of aryl methyl sites for hydroxylation is 1. The molecular weight excluding hydrogens is 307 g/mol. The van der Waals surface area contributed by atoms with Crippen LogP contribution in [0.4, 0.5) is 4.39 Å². The molecule has 0 aliphatic carbocycles. The van der Waals surface area contributed by atoms with E-state index in [0.29, 0.717) is 17.8 Å². The highest BCUT2D eigenvalue weighted by Crippen LogP contribution is 2.31. The lowest BCUT2D eigenvalue weighted by atomic mass is 10.1. The molecule has 1 N–H and O–H groups in total. The summed E-state index contributed by atoms with van der Waals surface area (Å²) in [4.78, 5) is 15.2. The Morgan fingerprint density at radius 3 is 2.77 bits per heavy atom. The highest BCUT2D eigenvalue weighted by atomic mass is 35.5. The van der Waals surface area contributed by atoms with Crippen molar-refractivity contribution in [3.63, 3.8) is 0 Å². The third-order valence-electron chi connectivity index (χ3n) is 3.51. The predicted octanol–water partition coefficient (Wildman–Crippen LogP) is 4.21. The van der Waals surface area contributed by atoms with Gasteiger partial charge in [0, 0.05) is 23.7 Å². The largest absolute Gasteiger partial charge is 0.477 e. The van der Waals surface area contributed by atoms with E-state index in [1.165, 1.54) is 18.2 Å². The zero-order chi connectivity index (χ0) is 15.9. The summed E-state index contributed by atoms with van der Waals surface area (Å²) in [6.07, 6.45) is 1.84. The quantitative estimate of drug-likeness (QED) is 0.787. The van der Waals surface area contributed by atoms with E-state index < -0.39 is 11.8 Å². The predicted molar refractivity (Wildman–Crippen MR) is 82.8 cm³/mol. The number of halogens is 2. The number of pyridine rings is 1. The zero-order valence-electron chi connectivity index (χ0n) is 11.7. The van der Waals surface area contributed by atoms with Gasteiger partial charge in [0.05, 0.1) is 5.02 Å². The van der Waals surface area contributed by atoms with Gasteiger partial charge in [-0.15, -0.1) is 0 Å². The number of rotatable bonds is 3. The smallest absolute Gasteiger partial charge is 0.354 e. The highest BCUT2D eigenvalue weighted by Gasteiger charge is 2.15. The SMILES string of the molecule is CCn1cc(-c2ccc(Cl)c(F)c2)c2ccc(C(=O)O)nc21. The molecule has 4 nitrogen and oxygen atoms in total. The molecule has 112 valence electrons. The molecule has 22 heavy (non-hydrogen) atoms. The normalized spacial score (nSPS) is 11.0. The molecule has 6 heteroatoms. The van der Waals surface area contributed by atoms with E-state index in [2.05, 4.69) is 4.98 Å². The van der Waals surface area contributed by atoms with Crippen LogP contribution in [0, 0.1) is 5.82 Å². The molecule has 0 bridgehead atoms. The number of carboxylic acids is 1. The van der Waals surface area contributed by atoms with Crippen molar-refractivity contribution >= 4 is 28.6 Å². The maximum absolute atomic E-state index is 13.7. The zero-order valence-corrected chi connectivity index (χ0v) is 12.4. The van der Waals surface area contributed by atoms with Gasteiger partial charge in [0.15, 0.2) is 5.69 Å². The van der Waals surface area contributed by atoms with E-state index >= 15 is 0 Å². The van der Waals surface area contributed by atoms with Gasteiger partial charge in [0.2, 0.25) is 0 Å². The third kappa shape index (κ3) is 2.33. The second-order valence-electron chi connectivity index (χ2n) is 4.83. The van der Waals surface area contributed by atoms with Crippen molar-refractivity contribution in [1.82, 2.24) is 9.55 Å². The van der Waals surface area contributed by atoms with Crippen molar-refractivity contribution in [2.75, 3.05) is 0 Å². The maximum atomic E-state index is 13.7. The summed E-state index contributed by atoms with van der Waals surface area (Å²) in [5, 5.41) is 9.90. The van der Waals surface area contributed by atoms with E-state index in [1.54, 1.807) is 12.1 Å². The van der Waals surface area contributed by atoms with Crippen LogP contribution in [0.15, 0.2) is 36.5 Å². The number of aromatic nitrogens is 2. The number of hydrogen-bond acceptors (Lipinski definition) is 2. The number of hydrogen-bond donors (Lipinski definition) is 1. The molecule has 0 saturated heterocycles. The molecule has 2 heterocycles. The lowest BCUT2D eigenvalue weighted by molar-refractivity contribution is 0.0691. The Morgan fingerprint density at radius 1 is 1.36 bits per heavy atom. The highest BCUT2D eigenvalue weighted by molar-refractivity contribution is 6.30. The van der Waals surface area contributed by atoms with E-state index in [9.17, 15) is 9.18 Å². The minimum atomic E-state index is -1.08. The monoisotopic (exact) mass is 318 g/mol. The first-order chi connectivity index (χ1) is 10.5. The van der Waals surface area contributed by atoms with Gasteiger partial charge in [0.1, 0.15) is 11.5 Å². The Kier molecular flexibility index (Phi) is 3.58. The molecule has 0 fully saturated rings. The van der Waals surface area contributed by atoms with Gasteiger partial charge in [-0.2, -0.15) is 0 Å². The molecule has 0 amide bonds. The van der Waals surface area contributed by atoms with Crippen LogP contribution in [0.25, 0.3) is 22.2 Å². The molecule has 0 aliphatic heterocycles. The van der Waals surface area contributed by atoms with Gasteiger partial charge in [0.25, 0.3) is 0 Å². The van der Waals surface area contributed by atoms with Crippen molar-refractivity contribution in [2.45, 2.75) is 13.5 Å². The van der Waals surface area contributed by atoms with Crippen molar-refractivity contribution < 1.29 is 14.3 Å². The first-order valence-corrected chi connectivity index (χ1v) is 7.07. The van der Waals surface area contributed by atoms with E-state index in [1.807, 2.05) is 17.7 Å². The van der Waals surface area contributed by atoms with Crippen LogP contribution < -0.4 is 0 Å². The summed E-state index contributed by atoms with van der Waals surface area (Å²) in [5.74, 6) is -1.57. The van der Waals surface area contributed by atoms with Gasteiger partial charge in [-0.3, -0.25) is 0 Å². The summed E-state index contributed by atoms with van der Waals surface area (Å²) < 4.78 is 15.5. The van der Waals surface area contributed by atoms with Crippen molar-refractivity contribution in [3.8, 4) is 11.1 Å². The Hall–Kier alpha value is -2.40. The Labute approximate surface area is 130 Å². The van der Waals surface area contributed by atoms with E-state index in [0.717, 1.165) is 10.9 Å². The molecule has 0 aliphatic rings. The lowest BCUT2D eigenvalue weighted by Gasteiger charge is -2.01. The fourth-order valence-corrected chi connectivity index (χ4v) is 2.54. The summed E-state index contributed by atoms with van der Waals surface area (Å²) >= 11 is 5.72. The number of fused-ring (bicyclic) bond motifs is 1. The van der Waals surface area contributed by atoms with Gasteiger partial charge >= 0.3 is 5.97 Å². The van der Waals surface area contributed by atoms with Crippen LogP contribution in [-0.2, 0) is 6.54 Å². The van der Waals surface area contributed by atoms with Crippen molar-refractivity contribution in [1.29, 1.82) is 0 Å². The van der Waals surface area contributed by atoms with Gasteiger partial charge in [-0.25, -0.2) is 14.2 Å². The van der Waals surface area contributed by atoms with Crippen molar-refractivity contribution in [3.05, 3.63) is 53.1 Å². The fraction of sp³-hybridized carbons (Fsp3) is 0.125. The van der Waals surface area contributed by atoms with Crippen LogP contribution in [0.1, 0.15) is 17.4 Å². The average molecular weight is 319 g/mol. The number of carbonyl (C=O) groups is 1. The molecule has 0 saturated carbocycles. The molecule has 1 aromatic carbocycles. The first kappa shape index (κ1) is 14.5. The minimum absolute atomic E-state index is 0.0193. The Balaban J connectivity index is 2.26. The van der Waals surface area contributed by atoms with Crippen molar-refractivity contribution in [2.24, 2.45) is 0 Å². The number of nitrogens with zero attached hydrogens (tertiary/aromatic N) is 2. The summed E-state index contributed by atoms with van der Waals surface area (Å²) in [5.41, 5.74) is 2.00. The van der Waals surface area contributed by atoms with E-state index in [-0.39, 0.29) is 10.7 Å². The van der Waals surface area contributed by atoms with Crippen LogP contribution in [0.2, 0.25) is 5.02 Å². The Morgan fingerprint density at radius 2 is 2.14 bits per heavy atom. The molecule has 3 rings (SSSR count).